The first-order chi connectivity index (χ1) is 9.81. The zero-order valence-corrected chi connectivity index (χ0v) is 13.2. The van der Waals surface area contributed by atoms with Crippen LogP contribution in [-0.2, 0) is 6.54 Å². The summed E-state index contributed by atoms with van der Waals surface area (Å²) in [6, 6.07) is 5.96. The van der Waals surface area contributed by atoms with Crippen LogP contribution in [0.2, 0.25) is 5.02 Å². The highest BCUT2D eigenvalue weighted by Crippen LogP contribution is 2.29. The van der Waals surface area contributed by atoms with E-state index >= 15 is 0 Å². The third-order valence-corrected chi connectivity index (χ3v) is 4.36. The molecule has 2 rings (SSSR count). The van der Waals surface area contributed by atoms with Crippen LogP contribution in [-0.4, -0.2) is 13.2 Å². The summed E-state index contributed by atoms with van der Waals surface area (Å²) in [7, 11) is 0. The lowest BCUT2D eigenvalue weighted by atomic mass is 9.90. The van der Waals surface area contributed by atoms with Crippen LogP contribution in [0.4, 0.5) is 0 Å². The third-order valence-electron chi connectivity index (χ3n) is 4.00. The summed E-state index contributed by atoms with van der Waals surface area (Å²) in [6.45, 7) is 4.79. The second-order valence-corrected chi connectivity index (χ2v) is 6.12. The van der Waals surface area contributed by atoms with Crippen LogP contribution in [0.15, 0.2) is 18.2 Å². The highest BCUT2D eigenvalue weighted by atomic mass is 35.5. The van der Waals surface area contributed by atoms with E-state index in [1.54, 1.807) is 0 Å². The number of nitrogens with one attached hydrogen (secondary N) is 1. The van der Waals surface area contributed by atoms with Crippen molar-refractivity contribution in [3.8, 4) is 5.75 Å². The molecule has 0 bridgehead atoms. The zero-order chi connectivity index (χ0) is 14.2. The molecule has 112 valence electrons. The van der Waals surface area contributed by atoms with Crippen molar-refractivity contribution < 1.29 is 4.74 Å². The van der Waals surface area contributed by atoms with Gasteiger partial charge in [0.05, 0.1) is 6.61 Å². The Morgan fingerprint density at radius 1 is 1.25 bits per heavy atom. The minimum atomic E-state index is 0.721. The summed E-state index contributed by atoms with van der Waals surface area (Å²) < 4.78 is 6.06. The Hall–Kier alpha value is -0.730. The first kappa shape index (κ1) is 15.7. The maximum absolute atomic E-state index is 6.31. The summed E-state index contributed by atoms with van der Waals surface area (Å²) in [5.74, 6) is 1.67. The number of halogens is 1. The normalized spacial score (nSPS) is 16.3. The first-order valence-corrected chi connectivity index (χ1v) is 8.30. The number of hydrogen-bond donors (Lipinski definition) is 1. The van der Waals surface area contributed by atoms with E-state index in [4.69, 9.17) is 16.3 Å². The van der Waals surface area contributed by atoms with Gasteiger partial charge in [-0.25, -0.2) is 0 Å². The van der Waals surface area contributed by atoms with Crippen LogP contribution in [0.3, 0.4) is 0 Å². The lowest BCUT2D eigenvalue weighted by Crippen LogP contribution is -2.18. The Morgan fingerprint density at radius 3 is 2.80 bits per heavy atom. The van der Waals surface area contributed by atoms with Crippen molar-refractivity contribution in [1.82, 2.24) is 5.32 Å². The second-order valence-electron chi connectivity index (χ2n) is 5.71. The first-order valence-electron chi connectivity index (χ1n) is 7.92. The lowest BCUT2D eigenvalue weighted by molar-refractivity contribution is 0.207. The van der Waals surface area contributed by atoms with Gasteiger partial charge in [-0.1, -0.05) is 43.9 Å². The van der Waals surface area contributed by atoms with Gasteiger partial charge in [0.25, 0.3) is 0 Å². The molecule has 0 atom stereocenters. The van der Waals surface area contributed by atoms with Crippen LogP contribution in [0.25, 0.3) is 0 Å². The van der Waals surface area contributed by atoms with Crippen molar-refractivity contribution in [3.05, 3.63) is 28.8 Å². The van der Waals surface area contributed by atoms with E-state index in [2.05, 4.69) is 12.2 Å². The van der Waals surface area contributed by atoms with Crippen molar-refractivity contribution >= 4 is 11.6 Å². The molecule has 1 aliphatic rings. The van der Waals surface area contributed by atoms with Gasteiger partial charge in [-0.05, 0) is 43.9 Å². The fourth-order valence-electron chi connectivity index (χ4n) is 2.80. The summed E-state index contributed by atoms with van der Waals surface area (Å²) in [4.78, 5) is 0. The molecule has 0 amide bonds. The van der Waals surface area contributed by atoms with E-state index in [0.717, 1.165) is 48.4 Å². The van der Waals surface area contributed by atoms with Crippen molar-refractivity contribution in [2.24, 2.45) is 5.92 Å². The maximum Gasteiger partial charge on any atom is 0.125 e. The number of ether oxygens (including phenoxy) is 1. The fraction of sp³-hybridized carbons (Fsp3) is 0.647. The Kier molecular flexibility index (Phi) is 6.68. The van der Waals surface area contributed by atoms with Gasteiger partial charge in [0.15, 0.2) is 0 Å². The Morgan fingerprint density at radius 2 is 2.05 bits per heavy atom. The van der Waals surface area contributed by atoms with Gasteiger partial charge in [-0.2, -0.15) is 0 Å². The molecule has 1 fully saturated rings. The summed E-state index contributed by atoms with van der Waals surface area (Å²) in [5, 5.41) is 4.21. The zero-order valence-electron chi connectivity index (χ0n) is 12.5. The number of benzene rings is 1. The molecule has 0 aromatic heterocycles. The molecule has 0 unspecified atom stereocenters. The number of rotatable bonds is 7. The van der Waals surface area contributed by atoms with Crippen LogP contribution in [0.1, 0.15) is 51.0 Å². The minimum Gasteiger partial charge on any atom is -0.493 e. The van der Waals surface area contributed by atoms with Gasteiger partial charge in [-0.3, -0.25) is 0 Å². The van der Waals surface area contributed by atoms with Gasteiger partial charge in [0.2, 0.25) is 0 Å². The van der Waals surface area contributed by atoms with Gasteiger partial charge in [0, 0.05) is 17.1 Å². The Balaban J connectivity index is 1.93. The molecule has 1 N–H and O–H groups in total. The largest absolute Gasteiger partial charge is 0.493 e. The highest BCUT2D eigenvalue weighted by molar-refractivity contribution is 6.31. The van der Waals surface area contributed by atoms with E-state index in [9.17, 15) is 0 Å². The molecular weight excluding hydrogens is 270 g/mol. The lowest BCUT2D eigenvalue weighted by Gasteiger charge is -2.22. The molecule has 2 nitrogen and oxygen atoms in total. The quantitative estimate of drug-likeness (QED) is 0.730. The molecule has 3 heteroatoms. The average Bonchev–Trinajstić information content (AvgIpc) is 2.48. The van der Waals surface area contributed by atoms with Crippen LogP contribution in [0.5, 0.6) is 5.75 Å². The van der Waals surface area contributed by atoms with Crippen molar-refractivity contribution in [2.75, 3.05) is 13.2 Å². The molecule has 0 radical (unpaired) electrons. The standard InChI is InChI=1S/C17H26ClNO/c1-2-11-19-12-15-16(18)9-6-10-17(15)20-13-14-7-4-3-5-8-14/h6,9-10,14,19H,2-5,7-8,11-13H2,1H3. The maximum atomic E-state index is 6.31. The smallest absolute Gasteiger partial charge is 0.125 e. The highest BCUT2D eigenvalue weighted by Gasteiger charge is 2.15. The molecule has 20 heavy (non-hydrogen) atoms. The number of hydrogen-bond acceptors (Lipinski definition) is 2. The van der Waals surface area contributed by atoms with Crippen molar-refractivity contribution in [1.29, 1.82) is 0 Å². The summed E-state index contributed by atoms with van der Waals surface area (Å²) in [5.41, 5.74) is 1.10. The van der Waals surface area contributed by atoms with Gasteiger partial charge < -0.3 is 10.1 Å². The summed E-state index contributed by atoms with van der Waals surface area (Å²) in [6.07, 6.45) is 7.85. The Labute approximate surface area is 127 Å². The molecule has 0 spiro atoms. The molecule has 1 aromatic carbocycles. The summed E-state index contributed by atoms with van der Waals surface area (Å²) >= 11 is 6.31. The Bertz CT molecular complexity index is 402. The van der Waals surface area contributed by atoms with Crippen LogP contribution in [0, 0.1) is 5.92 Å². The predicted octanol–water partition coefficient (Wildman–Crippen LogP) is 4.80. The van der Waals surface area contributed by atoms with Gasteiger partial charge >= 0.3 is 0 Å². The van der Waals surface area contributed by atoms with E-state index in [1.807, 2.05) is 18.2 Å². The monoisotopic (exact) mass is 295 g/mol. The fourth-order valence-corrected chi connectivity index (χ4v) is 3.03. The van der Waals surface area contributed by atoms with Crippen molar-refractivity contribution in [3.63, 3.8) is 0 Å². The topological polar surface area (TPSA) is 21.3 Å². The SMILES string of the molecule is CCCNCc1c(Cl)cccc1OCC1CCCCC1. The van der Waals surface area contributed by atoms with Gasteiger partial charge in [-0.15, -0.1) is 0 Å². The molecule has 1 aliphatic carbocycles. The van der Waals surface area contributed by atoms with Crippen molar-refractivity contribution in [2.45, 2.75) is 52.0 Å². The third kappa shape index (κ3) is 4.68. The van der Waals surface area contributed by atoms with Crippen LogP contribution >= 0.6 is 11.6 Å². The van der Waals surface area contributed by atoms with E-state index in [0.29, 0.717) is 0 Å². The predicted molar refractivity (Wildman–Crippen MR) is 85.5 cm³/mol. The van der Waals surface area contributed by atoms with Gasteiger partial charge in [0.1, 0.15) is 5.75 Å². The molecular formula is C17H26ClNO. The minimum absolute atomic E-state index is 0.721. The molecule has 1 aromatic rings. The average molecular weight is 296 g/mol. The van der Waals surface area contributed by atoms with E-state index in [1.165, 1.54) is 32.1 Å². The second kappa shape index (κ2) is 8.53. The van der Waals surface area contributed by atoms with Crippen LogP contribution < -0.4 is 10.1 Å². The molecule has 0 aliphatic heterocycles. The molecule has 1 saturated carbocycles. The molecule has 0 saturated heterocycles. The van der Waals surface area contributed by atoms with E-state index < -0.39 is 0 Å². The van der Waals surface area contributed by atoms with E-state index in [-0.39, 0.29) is 0 Å². The molecule has 0 heterocycles.